The molecular weight excluding hydrogens is 168 g/mol. The quantitative estimate of drug-likeness (QED) is 0.764. The molecule has 0 bridgehead atoms. The highest BCUT2D eigenvalue weighted by molar-refractivity contribution is 5.88. The summed E-state index contributed by atoms with van der Waals surface area (Å²) in [7, 11) is 0. The Morgan fingerprint density at radius 3 is 2.85 bits per heavy atom. The monoisotopic (exact) mass is 180 g/mol. The first-order chi connectivity index (χ1) is 6.15. The van der Waals surface area contributed by atoms with Gasteiger partial charge in [0.05, 0.1) is 11.3 Å². The van der Waals surface area contributed by atoms with Crippen molar-refractivity contribution in [3.05, 3.63) is 23.3 Å². The number of aryl methyl sites for hydroxylation is 2. The first-order valence-electron chi connectivity index (χ1n) is 4.21. The van der Waals surface area contributed by atoms with Crippen LogP contribution >= 0.6 is 0 Å². The highest BCUT2D eigenvalue weighted by Crippen LogP contribution is 2.07. The molecule has 0 aliphatic carbocycles. The van der Waals surface area contributed by atoms with Gasteiger partial charge in [0.2, 0.25) is 0 Å². The lowest BCUT2D eigenvalue weighted by Gasteiger charge is -2.03. The number of aromatic carboxylic acids is 1. The minimum absolute atomic E-state index is 0.215. The van der Waals surface area contributed by atoms with Crippen molar-refractivity contribution in [1.82, 2.24) is 9.97 Å². The van der Waals surface area contributed by atoms with Crippen LogP contribution in [0.25, 0.3) is 0 Å². The molecule has 0 spiro atoms. The Labute approximate surface area is 76.7 Å². The van der Waals surface area contributed by atoms with Crippen LogP contribution in [0.5, 0.6) is 0 Å². The van der Waals surface area contributed by atoms with E-state index >= 15 is 0 Å². The van der Waals surface area contributed by atoms with E-state index in [1.54, 1.807) is 6.92 Å². The van der Waals surface area contributed by atoms with Crippen LogP contribution in [0.1, 0.15) is 35.2 Å². The van der Waals surface area contributed by atoms with E-state index in [-0.39, 0.29) is 5.56 Å². The lowest BCUT2D eigenvalue weighted by Crippen LogP contribution is -2.07. The fourth-order valence-electron chi connectivity index (χ4n) is 1.12. The van der Waals surface area contributed by atoms with Gasteiger partial charge in [0.1, 0.15) is 5.82 Å². The predicted octanol–water partition coefficient (Wildman–Crippen LogP) is 1.44. The molecule has 1 heterocycles. The highest BCUT2D eigenvalue weighted by Gasteiger charge is 2.10. The van der Waals surface area contributed by atoms with E-state index in [1.165, 1.54) is 6.20 Å². The molecule has 0 amide bonds. The van der Waals surface area contributed by atoms with Crippen molar-refractivity contribution in [2.45, 2.75) is 26.7 Å². The van der Waals surface area contributed by atoms with Crippen molar-refractivity contribution in [2.75, 3.05) is 0 Å². The van der Waals surface area contributed by atoms with Gasteiger partial charge in [0.25, 0.3) is 0 Å². The third-order valence-corrected chi connectivity index (χ3v) is 1.71. The van der Waals surface area contributed by atoms with E-state index in [1.807, 2.05) is 6.92 Å². The van der Waals surface area contributed by atoms with Crippen LogP contribution in [0.2, 0.25) is 0 Å². The number of hydrogen-bond acceptors (Lipinski definition) is 3. The molecule has 0 aliphatic heterocycles. The third kappa shape index (κ3) is 2.24. The van der Waals surface area contributed by atoms with E-state index in [2.05, 4.69) is 9.97 Å². The number of hydrogen-bond donors (Lipinski definition) is 1. The van der Waals surface area contributed by atoms with Crippen molar-refractivity contribution in [3.8, 4) is 0 Å². The van der Waals surface area contributed by atoms with Gasteiger partial charge in [-0.15, -0.1) is 0 Å². The fourth-order valence-corrected chi connectivity index (χ4v) is 1.12. The van der Waals surface area contributed by atoms with Gasteiger partial charge >= 0.3 is 5.97 Å². The van der Waals surface area contributed by atoms with Crippen LogP contribution < -0.4 is 0 Å². The average Bonchev–Trinajstić information content (AvgIpc) is 2.04. The zero-order valence-corrected chi connectivity index (χ0v) is 7.74. The molecule has 4 heteroatoms. The molecule has 4 nitrogen and oxygen atoms in total. The first kappa shape index (κ1) is 9.64. The molecule has 0 atom stereocenters. The number of carbonyl (C=O) groups is 1. The number of carboxylic acid groups (broad SMARTS) is 1. The van der Waals surface area contributed by atoms with Crippen molar-refractivity contribution in [3.63, 3.8) is 0 Å². The van der Waals surface area contributed by atoms with Crippen molar-refractivity contribution >= 4 is 5.97 Å². The molecular formula is C9H12N2O2. The van der Waals surface area contributed by atoms with Crippen LogP contribution in [-0.4, -0.2) is 21.0 Å². The summed E-state index contributed by atoms with van der Waals surface area (Å²) in [6.07, 6.45) is 2.94. The minimum atomic E-state index is -0.955. The maximum Gasteiger partial charge on any atom is 0.339 e. The zero-order chi connectivity index (χ0) is 9.84. The Kier molecular flexibility index (Phi) is 2.95. The summed E-state index contributed by atoms with van der Waals surface area (Å²) in [6, 6.07) is 0. The van der Waals surface area contributed by atoms with Crippen LogP contribution in [0.4, 0.5) is 0 Å². The number of aromatic nitrogens is 2. The molecule has 0 unspecified atom stereocenters. The standard InChI is InChI=1S/C9H12N2O2/c1-3-4-8-7(9(12)13)5-10-6(2)11-8/h5H,3-4H2,1-2H3,(H,12,13). The molecule has 0 saturated carbocycles. The highest BCUT2D eigenvalue weighted by atomic mass is 16.4. The van der Waals surface area contributed by atoms with Crippen molar-refractivity contribution in [1.29, 1.82) is 0 Å². The van der Waals surface area contributed by atoms with Crippen LogP contribution in [0.15, 0.2) is 6.20 Å². The van der Waals surface area contributed by atoms with Gasteiger partial charge in [-0.05, 0) is 13.3 Å². The van der Waals surface area contributed by atoms with Crippen molar-refractivity contribution < 1.29 is 9.90 Å². The topological polar surface area (TPSA) is 63.1 Å². The lowest BCUT2D eigenvalue weighted by atomic mass is 10.1. The molecule has 0 aromatic carbocycles. The van der Waals surface area contributed by atoms with Gasteiger partial charge in [-0.2, -0.15) is 0 Å². The molecule has 1 N–H and O–H groups in total. The molecule has 70 valence electrons. The minimum Gasteiger partial charge on any atom is -0.478 e. The molecule has 1 rings (SSSR count). The number of rotatable bonds is 3. The number of carboxylic acids is 1. The maximum atomic E-state index is 10.7. The summed E-state index contributed by atoms with van der Waals surface area (Å²) in [5.74, 6) is -0.336. The summed E-state index contributed by atoms with van der Waals surface area (Å²) in [5, 5.41) is 8.80. The van der Waals surface area contributed by atoms with Gasteiger partial charge in [0.15, 0.2) is 0 Å². The molecule has 1 aromatic heterocycles. The largest absolute Gasteiger partial charge is 0.478 e. The Bertz CT molecular complexity index is 323. The second-order valence-corrected chi connectivity index (χ2v) is 2.83. The van der Waals surface area contributed by atoms with Crippen LogP contribution in [0.3, 0.4) is 0 Å². The molecule has 13 heavy (non-hydrogen) atoms. The predicted molar refractivity (Wildman–Crippen MR) is 47.7 cm³/mol. The summed E-state index contributed by atoms with van der Waals surface area (Å²) >= 11 is 0. The Morgan fingerprint density at radius 2 is 2.31 bits per heavy atom. The van der Waals surface area contributed by atoms with Gasteiger partial charge in [-0.1, -0.05) is 13.3 Å². The van der Waals surface area contributed by atoms with E-state index in [0.29, 0.717) is 17.9 Å². The molecule has 1 aromatic rings. The second-order valence-electron chi connectivity index (χ2n) is 2.83. The Hall–Kier alpha value is -1.45. The van der Waals surface area contributed by atoms with Gasteiger partial charge in [-0.25, -0.2) is 14.8 Å². The molecule has 0 saturated heterocycles. The number of nitrogens with zero attached hydrogens (tertiary/aromatic N) is 2. The normalized spacial score (nSPS) is 10.0. The lowest BCUT2D eigenvalue weighted by molar-refractivity contribution is 0.0694. The van der Waals surface area contributed by atoms with E-state index in [4.69, 9.17) is 5.11 Å². The van der Waals surface area contributed by atoms with Crippen LogP contribution in [-0.2, 0) is 6.42 Å². The van der Waals surface area contributed by atoms with Gasteiger partial charge in [0, 0.05) is 6.20 Å². The molecule has 0 aliphatic rings. The van der Waals surface area contributed by atoms with Gasteiger partial charge in [-0.3, -0.25) is 0 Å². The Balaban J connectivity index is 3.10. The molecule has 0 radical (unpaired) electrons. The van der Waals surface area contributed by atoms with E-state index in [0.717, 1.165) is 6.42 Å². The first-order valence-corrected chi connectivity index (χ1v) is 4.21. The van der Waals surface area contributed by atoms with Crippen LogP contribution in [0, 0.1) is 6.92 Å². The molecule has 0 fully saturated rings. The SMILES string of the molecule is CCCc1nc(C)ncc1C(=O)O. The van der Waals surface area contributed by atoms with Crippen molar-refractivity contribution in [2.24, 2.45) is 0 Å². The second kappa shape index (κ2) is 3.98. The average molecular weight is 180 g/mol. The Morgan fingerprint density at radius 1 is 1.62 bits per heavy atom. The summed E-state index contributed by atoms with van der Waals surface area (Å²) < 4.78 is 0. The van der Waals surface area contributed by atoms with E-state index in [9.17, 15) is 4.79 Å². The summed E-state index contributed by atoms with van der Waals surface area (Å²) in [4.78, 5) is 18.7. The van der Waals surface area contributed by atoms with E-state index < -0.39 is 5.97 Å². The third-order valence-electron chi connectivity index (χ3n) is 1.71. The smallest absolute Gasteiger partial charge is 0.339 e. The maximum absolute atomic E-state index is 10.7. The summed E-state index contributed by atoms with van der Waals surface area (Å²) in [5.41, 5.74) is 0.843. The fraction of sp³-hybridized carbons (Fsp3) is 0.444. The zero-order valence-electron chi connectivity index (χ0n) is 7.74. The summed E-state index contributed by atoms with van der Waals surface area (Å²) in [6.45, 7) is 3.74. The van der Waals surface area contributed by atoms with Gasteiger partial charge < -0.3 is 5.11 Å².